The molecule has 1 fully saturated rings. The lowest BCUT2D eigenvalue weighted by Gasteiger charge is -2.32. The molecule has 7 heteroatoms. The fraction of sp³-hybridized carbons (Fsp3) is 0.333. The van der Waals surface area contributed by atoms with Crippen molar-refractivity contribution < 1.29 is 4.79 Å². The van der Waals surface area contributed by atoms with Crippen LogP contribution >= 0.6 is 0 Å². The Balaban J connectivity index is 1.50. The van der Waals surface area contributed by atoms with Gasteiger partial charge in [-0.05, 0) is 37.5 Å². The number of rotatable bonds is 3. The van der Waals surface area contributed by atoms with Gasteiger partial charge in [-0.15, -0.1) is 5.10 Å². The number of likely N-dealkylation sites (tertiary alicyclic amines) is 1. The zero-order chi connectivity index (χ0) is 17.2. The highest BCUT2D eigenvalue weighted by Gasteiger charge is 2.27. The second-order valence-electron chi connectivity index (χ2n) is 6.43. The molecule has 3 aromatic rings. The monoisotopic (exact) mass is 336 g/mol. The zero-order valence-corrected chi connectivity index (χ0v) is 14.1. The number of hydrogen-bond donors (Lipinski definition) is 0. The number of aromatic nitrogens is 5. The van der Waals surface area contributed by atoms with Gasteiger partial charge in [-0.25, -0.2) is 4.68 Å². The number of hydrogen-bond acceptors (Lipinski definition) is 4. The summed E-state index contributed by atoms with van der Waals surface area (Å²) in [5.41, 5.74) is 2.40. The third-order valence-corrected chi connectivity index (χ3v) is 4.52. The van der Waals surface area contributed by atoms with E-state index in [2.05, 4.69) is 15.4 Å². The van der Waals surface area contributed by atoms with Crippen LogP contribution < -0.4 is 0 Å². The maximum Gasteiger partial charge on any atom is 0.276 e. The van der Waals surface area contributed by atoms with Crippen LogP contribution in [0.15, 0.2) is 48.9 Å². The summed E-state index contributed by atoms with van der Waals surface area (Å²) < 4.78 is 3.60. The molecule has 0 spiro atoms. The summed E-state index contributed by atoms with van der Waals surface area (Å²) in [6, 6.07) is 9.88. The van der Waals surface area contributed by atoms with Crippen LogP contribution in [0.4, 0.5) is 0 Å². The summed E-state index contributed by atoms with van der Waals surface area (Å²) in [5, 5.41) is 12.5. The fourth-order valence-corrected chi connectivity index (χ4v) is 3.22. The smallest absolute Gasteiger partial charge is 0.276 e. The van der Waals surface area contributed by atoms with Crippen molar-refractivity contribution in [2.45, 2.75) is 25.8 Å². The minimum absolute atomic E-state index is 0.0734. The minimum atomic E-state index is -0.0734. The first-order chi connectivity index (χ1) is 12.2. The minimum Gasteiger partial charge on any atom is -0.335 e. The second kappa shape index (κ2) is 6.51. The molecule has 0 N–H and O–H groups in total. The van der Waals surface area contributed by atoms with Crippen LogP contribution in [0.25, 0.3) is 5.69 Å². The third kappa shape index (κ3) is 3.17. The average molecular weight is 336 g/mol. The van der Waals surface area contributed by atoms with E-state index >= 15 is 0 Å². The normalized spacial score (nSPS) is 17.6. The quantitative estimate of drug-likeness (QED) is 0.736. The SMILES string of the molecule is Cc1cnn([C@@H]2CCCN(C(=O)c3cn(-c4ccccc4)nn3)C2)c1. The van der Waals surface area contributed by atoms with Crippen molar-refractivity contribution in [1.29, 1.82) is 0 Å². The molecule has 25 heavy (non-hydrogen) atoms. The Hall–Kier alpha value is -2.96. The molecule has 128 valence electrons. The lowest BCUT2D eigenvalue weighted by molar-refractivity contribution is 0.0667. The number of carbonyl (C=O) groups excluding carboxylic acids is 1. The maximum atomic E-state index is 12.8. The van der Waals surface area contributed by atoms with E-state index in [1.165, 1.54) is 0 Å². The van der Waals surface area contributed by atoms with Gasteiger partial charge < -0.3 is 4.90 Å². The van der Waals surface area contributed by atoms with E-state index in [1.54, 1.807) is 10.9 Å². The predicted molar refractivity (Wildman–Crippen MR) is 92.5 cm³/mol. The first-order valence-electron chi connectivity index (χ1n) is 8.48. The molecule has 0 bridgehead atoms. The molecule has 0 unspecified atom stereocenters. The lowest BCUT2D eigenvalue weighted by atomic mass is 10.1. The Labute approximate surface area is 145 Å². The average Bonchev–Trinajstić information content (AvgIpc) is 3.31. The molecular formula is C18H20N6O. The van der Waals surface area contributed by atoms with Crippen molar-refractivity contribution in [3.8, 4) is 5.69 Å². The van der Waals surface area contributed by atoms with Gasteiger partial charge in [-0.1, -0.05) is 23.4 Å². The van der Waals surface area contributed by atoms with E-state index in [1.807, 2.05) is 59.2 Å². The summed E-state index contributed by atoms with van der Waals surface area (Å²) in [5.74, 6) is -0.0734. The van der Waals surface area contributed by atoms with Crippen LogP contribution in [-0.2, 0) is 0 Å². The summed E-state index contributed by atoms with van der Waals surface area (Å²) in [4.78, 5) is 14.7. The molecule has 0 saturated carbocycles. The molecule has 2 aromatic heterocycles. The topological polar surface area (TPSA) is 68.8 Å². The summed E-state index contributed by atoms with van der Waals surface area (Å²) in [6.07, 6.45) is 7.57. The van der Waals surface area contributed by atoms with Gasteiger partial charge in [0.1, 0.15) is 0 Å². The fourth-order valence-electron chi connectivity index (χ4n) is 3.22. The first kappa shape index (κ1) is 15.6. The molecule has 1 aromatic carbocycles. The van der Waals surface area contributed by atoms with Gasteiger partial charge in [0.25, 0.3) is 5.91 Å². The number of amides is 1. The van der Waals surface area contributed by atoms with Gasteiger partial charge in [0.05, 0.1) is 24.1 Å². The van der Waals surface area contributed by atoms with Gasteiger partial charge >= 0.3 is 0 Å². The molecule has 1 amide bonds. The molecule has 1 aliphatic rings. The lowest BCUT2D eigenvalue weighted by Crippen LogP contribution is -2.41. The molecule has 1 atom stereocenters. The van der Waals surface area contributed by atoms with Crippen LogP contribution in [0.1, 0.15) is 34.9 Å². The number of nitrogens with zero attached hydrogens (tertiary/aromatic N) is 6. The molecule has 0 aliphatic carbocycles. The van der Waals surface area contributed by atoms with Crippen LogP contribution in [0, 0.1) is 6.92 Å². The van der Waals surface area contributed by atoms with Gasteiger partial charge in [-0.3, -0.25) is 9.48 Å². The number of benzene rings is 1. The highest BCUT2D eigenvalue weighted by molar-refractivity contribution is 5.92. The van der Waals surface area contributed by atoms with Crippen molar-refractivity contribution in [2.75, 3.05) is 13.1 Å². The van der Waals surface area contributed by atoms with Gasteiger partial charge in [0.15, 0.2) is 5.69 Å². The van der Waals surface area contributed by atoms with Crippen molar-refractivity contribution >= 4 is 5.91 Å². The number of para-hydroxylation sites is 1. The van der Waals surface area contributed by atoms with Gasteiger partial charge in [-0.2, -0.15) is 5.10 Å². The Kier molecular flexibility index (Phi) is 4.05. The molecule has 4 rings (SSSR count). The van der Waals surface area contributed by atoms with Crippen LogP contribution in [0.2, 0.25) is 0 Å². The zero-order valence-electron chi connectivity index (χ0n) is 14.1. The Morgan fingerprint density at radius 3 is 2.80 bits per heavy atom. The molecule has 3 heterocycles. The van der Waals surface area contributed by atoms with E-state index in [9.17, 15) is 4.79 Å². The largest absolute Gasteiger partial charge is 0.335 e. The molecule has 0 radical (unpaired) electrons. The second-order valence-corrected chi connectivity index (χ2v) is 6.43. The number of carbonyl (C=O) groups is 1. The standard InChI is InChI=1S/C18H20N6O/c1-14-10-19-23(11-14)16-8-5-9-22(12-16)18(25)17-13-24(21-20-17)15-6-3-2-4-7-15/h2-4,6-7,10-11,13,16H,5,8-9,12H2,1H3/t16-/m1/s1. The summed E-state index contributed by atoms with van der Waals surface area (Å²) in [6.45, 7) is 3.42. The highest BCUT2D eigenvalue weighted by Crippen LogP contribution is 2.22. The maximum absolute atomic E-state index is 12.8. The Bertz CT molecular complexity index is 869. The number of piperidine rings is 1. The summed E-state index contributed by atoms with van der Waals surface area (Å²) in [7, 11) is 0. The third-order valence-electron chi connectivity index (χ3n) is 4.52. The van der Waals surface area contributed by atoms with Crippen molar-refractivity contribution in [3.05, 3.63) is 60.2 Å². The molecule has 1 aliphatic heterocycles. The van der Waals surface area contributed by atoms with Crippen molar-refractivity contribution in [1.82, 2.24) is 29.7 Å². The summed E-state index contributed by atoms with van der Waals surface area (Å²) >= 11 is 0. The van der Waals surface area contributed by atoms with Crippen LogP contribution in [0.3, 0.4) is 0 Å². The van der Waals surface area contributed by atoms with E-state index in [0.717, 1.165) is 30.6 Å². The Morgan fingerprint density at radius 1 is 1.20 bits per heavy atom. The van der Waals surface area contributed by atoms with Crippen LogP contribution in [-0.4, -0.2) is 48.7 Å². The Morgan fingerprint density at radius 2 is 2.04 bits per heavy atom. The molecule has 7 nitrogen and oxygen atoms in total. The van der Waals surface area contributed by atoms with Gasteiger partial charge in [0.2, 0.25) is 0 Å². The van der Waals surface area contributed by atoms with Crippen molar-refractivity contribution in [2.24, 2.45) is 0 Å². The van der Waals surface area contributed by atoms with Crippen molar-refractivity contribution in [3.63, 3.8) is 0 Å². The van der Waals surface area contributed by atoms with Crippen LogP contribution in [0.5, 0.6) is 0 Å². The molecular weight excluding hydrogens is 316 g/mol. The van der Waals surface area contributed by atoms with Gasteiger partial charge in [0, 0.05) is 19.3 Å². The number of aryl methyl sites for hydroxylation is 1. The predicted octanol–water partition coefficient (Wildman–Crippen LogP) is 2.25. The van der Waals surface area contributed by atoms with E-state index in [4.69, 9.17) is 0 Å². The first-order valence-corrected chi connectivity index (χ1v) is 8.48. The molecule has 1 saturated heterocycles. The van der Waals surface area contributed by atoms with E-state index < -0.39 is 0 Å². The highest BCUT2D eigenvalue weighted by atomic mass is 16.2. The van der Waals surface area contributed by atoms with E-state index in [0.29, 0.717) is 12.2 Å². The van der Waals surface area contributed by atoms with E-state index in [-0.39, 0.29) is 11.9 Å².